The predicted molar refractivity (Wildman–Crippen MR) is 41.9 cm³/mol. The maximum Gasteiger partial charge on any atom is 0.341 e. The fourth-order valence-corrected chi connectivity index (χ4v) is 1.21. The van der Waals surface area contributed by atoms with Gasteiger partial charge in [-0.3, -0.25) is 0 Å². The first-order valence-corrected chi connectivity index (χ1v) is 3.79. The van der Waals surface area contributed by atoms with Gasteiger partial charge in [0.2, 0.25) is 0 Å². The molecule has 1 aliphatic heterocycles. The van der Waals surface area contributed by atoms with Gasteiger partial charge in [-0.2, -0.15) is 0 Å². The summed E-state index contributed by atoms with van der Waals surface area (Å²) in [4.78, 5) is 10.6. The molecule has 0 aromatic carbocycles. The van der Waals surface area contributed by atoms with E-state index in [4.69, 9.17) is 10.8 Å². The molecule has 0 saturated heterocycles. The van der Waals surface area contributed by atoms with Crippen LogP contribution in [0.4, 0.5) is 0 Å². The van der Waals surface area contributed by atoms with Gasteiger partial charge in [0.1, 0.15) is 0 Å². The van der Waals surface area contributed by atoms with Crippen molar-refractivity contribution in [3.05, 3.63) is 11.6 Å². The van der Waals surface area contributed by atoms with Gasteiger partial charge in [-0.1, -0.05) is 0 Å². The average molecular weight is 175 g/mol. The predicted octanol–water partition coefficient (Wildman–Crippen LogP) is -0.315. The number of rotatable bonds is 2. The van der Waals surface area contributed by atoms with Gasteiger partial charge in [0.15, 0.2) is 5.66 Å². The number of carboxylic acid groups (broad SMARTS) is 1. The van der Waals surface area contributed by atoms with E-state index >= 15 is 0 Å². The van der Waals surface area contributed by atoms with Crippen LogP contribution in [0.15, 0.2) is 11.6 Å². The smallest absolute Gasteiger partial charge is 0.341 e. The molecule has 1 rings (SSSR count). The minimum Gasteiger partial charge on any atom is -0.479 e. The molecule has 4 N–H and O–H groups in total. The number of nitrogens with two attached hydrogens (primary N) is 1. The van der Waals surface area contributed by atoms with E-state index in [0.29, 0.717) is 0 Å². The monoisotopic (exact) mass is 175 g/mol. The van der Waals surface area contributed by atoms with Gasteiger partial charge in [0, 0.05) is 11.6 Å². The van der Waals surface area contributed by atoms with Crippen molar-refractivity contribution in [3.8, 4) is 0 Å². The van der Waals surface area contributed by atoms with Crippen molar-refractivity contribution in [2.75, 3.05) is 0 Å². The van der Waals surface area contributed by atoms with E-state index < -0.39 is 11.6 Å². The normalized spacial score (nSPS) is 22.7. The van der Waals surface area contributed by atoms with Gasteiger partial charge >= 0.3 is 5.97 Å². The van der Waals surface area contributed by atoms with E-state index in [2.05, 4.69) is 5.43 Å². The third-order valence-corrected chi connectivity index (χ3v) is 2.23. The van der Waals surface area contributed by atoms with E-state index in [1.54, 1.807) is 11.6 Å². The number of carbonyl (C=O) groups is 1. The van der Waals surface area contributed by atoms with Crippen LogP contribution >= 0.6 is 11.9 Å². The van der Waals surface area contributed by atoms with E-state index in [-0.39, 0.29) is 0 Å². The molecule has 5 nitrogen and oxygen atoms in total. The first-order chi connectivity index (χ1) is 5.05. The Labute approximate surface area is 68.3 Å². The Balaban J connectivity index is 2.65. The van der Waals surface area contributed by atoms with Crippen LogP contribution in [0.5, 0.6) is 0 Å². The molecule has 11 heavy (non-hydrogen) atoms. The highest BCUT2D eigenvalue weighted by Crippen LogP contribution is 2.21. The summed E-state index contributed by atoms with van der Waals surface area (Å²) in [7, 11) is 0. The van der Waals surface area contributed by atoms with Crippen molar-refractivity contribution in [1.29, 1.82) is 0 Å². The van der Waals surface area contributed by atoms with Crippen LogP contribution in [0.25, 0.3) is 0 Å². The second-order valence-electron chi connectivity index (χ2n) is 2.28. The Hall–Kier alpha value is -0.720. The summed E-state index contributed by atoms with van der Waals surface area (Å²) < 4.78 is 1.36. The SMILES string of the molecule is CC(N)(C(=O)O)N1NC=CS1. The molecule has 0 radical (unpaired) electrons. The lowest BCUT2D eigenvalue weighted by Gasteiger charge is -2.28. The van der Waals surface area contributed by atoms with Crippen LogP contribution in [-0.2, 0) is 4.79 Å². The summed E-state index contributed by atoms with van der Waals surface area (Å²) in [5.41, 5.74) is 6.78. The van der Waals surface area contributed by atoms with Crippen LogP contribution in [0, 0.1) is 0 Å². The number of hydrazine groups is 1. The molecule has 0 saturated carbocycles. The molecule has 0 aromatic heterocycles. The van der Waals surface area contributed by atoms with Gasteiger partial charge in [0.05, 0.1) is 0 Å². The molecule has 1 aliphatic rings. The van der Waals surface area contributed by atoms with Crippen molar-refractivity contribution in [2.24, 2.45) is 5.73 Å². The summed E-state index contributed by atoms with van der Waals surface area (Å²) in [5, 5.41) is 10.4. The molecule has 0 amide bonds. The van der Waals surface area contributed by atoms with Gasteiger partial charge < -0.3 is 16.3 Å². The van der Waals surface area contributed by atoms with Crippen molar-refractivity contribution in [3.63, 3.8) is 0 Å². The van der Waals surface area contributed by atoms with E-state index in [1.165, 1.54) is 23.3 Å². The molecule has 62 valence electrons. The number of nitrogens with one attached hydrogen (secondary N) is 1. The Morgan fingerprint density at radius 1 is 1.91 bits per heavy atom. The zero-order chi connectivity index (χ0) is 8.48. The first kappa shape index (κ1) is 8.38. The van der Waals surface area contributed by atoms with Gasteiger partial charge in [-0.15, -0.1) is 4.41 Å². The van der Waals surface area contributed by atoms with E-state index in [0.717, 1.165) is 0 Å². The highest BCUT2D eigenvalue weighted by Gasteiger charge is 2.36. The molecule has 0 bridgehead atoms. The second kappa shape index (κ2) is 2.72. The van der Waals surface area contributed by atoms with Crippen LogP contribution in [-0.4, -0.2) is 21.2 Å². The zero-order valence-electron chi connectivity index (χ0n) is 5.94. The minimum atomic E-state index is -1.38. The molecule has 6 heteroatoms. The second-order valence-corrected chi connectivity index (χ2v) is 3.13. The molecular weight excluding hydrogens is 166 g/mol. The van der Waals surface area contributed by atoms with Gasteiger partial charge in [-0.25, -0.2) is 4.79 Å². The summed E-state index contributed by atoms with van der Waals surface area (Å²) in [6, 6.07) is 0. The lowest BCUT2D eigenvalue weighted by Crippen LogP contribution is -2.58. The van der Waals surface area contributed by atoms with Gasteiger partial charge in [-0.05, 0) is 18.9 Å². The average Bonchev–Trinajstić information content (AvgIpc) is 2.37. The summed E-state index contributed by atoms with van der Waals surface area (Å²) in [6.45, 7) is 1.42. The third-order valence-electron chi connectivity index (χ3n) is 1.28. The Kier molecular flexibility index (Phi) is 2.08. The number of nitrogens with zero attached hydrogens (tertiary/aromatic N) is 1. The molecule has 1 unspecified atom stereocenters. The maximum atomic E-state index is 10.6. The quantitative estimate of drug-likeness (QED) is 0.499. The van der Waals surface area contributed by atoms with Crippen molar-refractivity contribution in [2.45, 2.75) is 12.6 Å². The van der Waals surface area contributed by atoms with Crippen LogP contribution in [0.2, 0.25) is 0 Å². The van der Waals surface area contributed by atoms with Crippen LogP contribution in [0.3, 0.4) is 0 Å². The fraction of sp³-hybridized carbons (Fsp3) is 0.400. The van der Waals surface area contributed by atoms with Crippen molar-refractivity contribution < 1.29 is 9.90 Å². The van der Waals surface area contributed by atoms with Gasteiger partial charge in [0.25, 0.3) is 0 Å². The summed E-state index contributed by atoms with van der Waals surface area (Å²) in [6.07, 6.45) is 1.62. The lowest BCUT2D eigenvalue weighted by atomic mass is 10.2. The lowest BCUT2D eigenvalue weighted by molar-refractivity contribution is -0.147. The molecule has 0 fully saturated rings. The number of carboxylic acids is 1. The molecular formula is C5H9N3O2S. The highest BCUT2D eigenvalue weighted by molar-refractivity contribution is 8.00. The summed E-state index contributed by atoms with van der Waals surface area (Å²) in [5.74, 6) is -1.07. The van der Waals surface area contributed by atoms with Crippen LogP contribution < -0.4 is 11.2 Å². The minimum absolute atomic E-state index is 1.07. The molecule has 1 heterocycles. The van der Waals surface area contributed by atoms with E-state index in [1.807, 2.05) is 0 Å². The van der Waals surface area contributed by atoms with Crippen molar-refractivity contribution >= 4 is 17.9 Å². The standard InChI is InChI=1S/C5H9N3O2S/c1-5(6,4(9)10)8-7-2-3-11-8/h2-3,7H,6H2,1H3,(H,9,10). The third kappa shape index (κ3) is 1.47. The molecule has 1 atom stereocenters. The maximum absolute atomic E-state index is 10.6. The Morgan fingerprint density at radius 3 is 2.91 bits per heavy atom. The first-order valence-electron chi connectivity index (χ1n) is 2.95. The molecule has 0 aliphatic carbocycles. The topological polar surface area (TPSA) is 78.6 Å². The van der Waals surface area contributed by atoms with E-state index in [9.17, 15) is 4.79 Å². The summed E-state index contributed by atoms with van der Waals surface area (Å²) >= 11 is 1.21. The number of hydrogen-bond acceptors (Lipinski definition) is 5. The fourth-order valence-electron chi connectivity index (χ4n) is 0.550. The van der Waals surface area contributed by atoms with Crippen molar-refractivity contribution in [1.82, 2.24) is 9.84 Å². The Bertz CT molecular complexity index is 196. The number of hydrogen-bond donors (Lipinski definition) is 3. The zero-order valence-corrected chi connectivity index (χ0v) is 6.76. The molecule has 0 aromatic rings. The number of aliphatic carboxylic acids is 1. The largest absolute Gasteiger partial charge is 0.479 e. The molecule has 0 spiro atoms. The Morgan fingerprint density at radius 2 is 2.55 bits per heavy atom. The van der Waals surface area contributed by atoms with Crippen LogP contribution in [0.1, 0.15) is 6.92 Å². The highest BCUT2D eigenvalue weighted by atomic mass is 32.2.